The second-order valence-corrected chi connectivity index (χ2v) is 7.70. The Balaban J connectivity index is 2.15. The molecule has 0 saturated carbocycles. The van der Waals surface area contributed by atoms with Gasteiger partial charge in [-0.1, -0.05) is 17.4 Å². The Bertz CT molecular complexity index is 1050. The Kier molecular flexibility index (Phi) is 6.48. The summed E-state index contributed by atoms with van der Waals surface area (Å²) in [7, 11) is 3.11. The summed E-state index contributed by atoms with van der Waals surface area (Å²) in [6, 6.07) is 7.32. The summed E-state index contributed by atoms with van der Waals surface area (Å²) in [5, 5.41) is 1.92. The smallest absolute Gasteiger partial charge is 0.326 e. The van der Waals surface area contributed by atoms with Crippen molar-refractivity contribution in [3.8, 4) is 11.5 Å². The van der Waals surface area contributed by atoms with Gasteiger partial charge in [-0.25, -0.2) is 0 Å². The molecule has 0 saturated heterocycles. The fourth-order valence-corrected chi connectivity index (χ4v) is 4.58. The predicted molar refractivity (Wildman–Crippen MR) is 108 cm³/mol. The Morgan fingerprint density at radius 1 is 1.14 bits per heavy atom. The van der Waals surface area contributed by atoms with Crippen LogP contribution in [0.2, 0.25) is 0 Å². The summed E-state index contributed by atoms with van der Waals surface area (Å²) in [6.45, 7) is 1.93. The lowest BCUT2D eigenvalue weighted by molar-refractivity contribution is -0.143. The molecule has 1 aromatic carbocycles. The van der Waals surface area contributed by atoms with Crippen molar-refractivity contribution < 1.29 is 23.8 Å². The van der Waals surface area contributed by atoms with Gasteiger partial charge >= 0.3 is 5.97 Å². The van der Waals surface area contributed by atoms with Gasteiger partial charge in [-0.05, 0) is 30.5 Å². The highest BCUT2D eigenvalue weighted by atomic mass is 32.1. The Labute approximate surface area is 169 Å². The molecule has 7 nitrogen and oxygen atoms in total. The van der Waals surface area contributed by atoms with Crippen LogP contribution in [0.25, 0.3) is 10.2 Å². The van der Waals surface area contributed by atoms with E-state index in [1.807, 2.05) is 17.5 Å². The van der Waals surface area contributed by atoms with E-state index in [1.54, 1.807) is 37.8 Å². The summed E-state index contributed by atoms with van der Waals surface area (Å²) in [4.78, 5) is 30.2. The lowest BCUT2D eigenvalue weighted by atomic mass is 10.3. The molecule has 0 aliphatic rings. The topological polar surface area (TPSA) is 79.1 Å². The molecule has 0 fully saturated rings. The van der Waals surface area contributed by atoms with Gasteiger partial charge in [0.15, 0.2) is 4.80 Å². The van der Waals surface area contributed by atoms with Crippen LogP contribution in [-0.4, -0.2) is 37.3 Å². The maximum atomic E-state index is 12.5. The van der Waals surface area contributed by atoms with Crippen molar-refractivity contribution in [1.29, 1.82) is 0 Å². The number of thiazole rings is 1. The molecule has 28 heavy (non-hydrogen) atoms. The Morgan fingerprint density at radius 3 is 2.54 bits per heavy atom. The Hall–Kier alpha value is -2.65. The third kappa shape index (κ3) is 4.26. The van der Waals surface area contributed by atoms with Gasteiger partial charge < -0.3 is 18.8 Å². The van der Waals surface area contributed by atoms with Crippen molar-refractivity contribution in [3.63, 3.8) is 0 Å². The molecule has 1 amide bonds. The van der Waals surface area contributed by atoms with Crippen LogP contribution in [0.15, 0.2) is 34.6 Å². The zero-order valence-electron chi connectivity index (χ0n) is 15.8. The molecule has 0 N–H and O–H groups in total. The van der Waals surface area contributed by atoms with E-state index >= 15 is 0 Å². The number of benzene rings is 1. The monoisotopic (exact) mass is 420 g/mol. The van der Waals surface area contributed by atoms with E-state index in [2.05, 4.69) is 4.99 Å². The molecule has 3 rings (SSSR count). The van der Waals surface area contributed by atoms with Gasteiger partial charge in [0, 0.05) is 4.88 Å². The number of thiophene rings is 1. The van der Waals surface area contributed by atoms with E-state index < -0.39 is 5.97 Å². The number of nitrogens with zero attached hydrogens (tertiary/aromatic N) is 2. The standard InChI is InChI=1S/C19H20N2O5S2/c1-4-26-16(23)11-21-17-13(24-2)7-8-14(25-3)18(17)28-19(21)20-15(22)10-12-6-5-9-27-12/h5-9H,4,10-11H2,1-3H3. The molecule has 0 atom stereocenters. The van der Waals surface area contributed by atoms with Crippen LogP contribution in [0, 0.1) is 0 Å². The van der Waals surface area contributed by atoms with Gasteiger partial charge in [-0.15, -0.1) is 11.3 Å². The van der Waals surface area contributed by atoms with E-state index in [-0.39, 0.29) is 25.5 Å². The third-order valence-electron chi connectivity index (χ3n) is 3.91. The first kappa shape index (κ1) is 20.1. The molecular weight excluding hydrogens is 400 g/mol. The number of hydrogen-bond acceptors (Lipinski definition) is 7. The highest BCUT2D eigenvalue weighted by Crippen LogP contribution is 2.35. The average Bonchev–Trinajstić information content (AvgIpc) is 3.30. The maximum absolute atomic E-state index is 12.5. The van der Waals surface area contributed by atoms with Crippen molar-refractivity contribution in [1.82, 2.24) is 4.57 Å². The number of esters is 1. The number of hydrogen-bond donors (Lipinski definition) is 0. The third-order valence-corrected chi connectivity index (χ3v) is 5.88. The van der Waals surface area contributed by atoms with Crippen LogP contribution < -0.4 is 14.3 Å². The predicted octanol–water partition coefficient (Wildman–Crippen LogP) is 3.01. The van der Waals surface area contributed by atoms with E-state index in [0.717, 1.165) is 9.58 Å². The summed E-state index contributed by atoms with van der Waals surface area (Å²) in [5.41, 5.74) is 0.641. The Morgan fingerprint density at radius 2 is 1.89 bits per heavy atom. The minimum Gasteiger partial charge on any atom is -0.495 e. The second kappa shape index (κ2) is 9.03. The quantitative estimate of drug-likeness (QED) is 0.549. The zero-order valence-corrected chi connectivity index (χ0v) is 17.4. The minimum absolute atomic E-state index is 0.0809. The number of aromatic nitrogens is 1. The van der Waals surface area contributed by atoms with Crippen molar-refractivity contribution in [2.24, 2.45) is 4.99 Å². The second-order valence-electron chi connectivity index (χ2n) is 5.69. The molecule has 0 radical (unpaired) electrons. The number of carbonyl (C=O) groups excluding carboxylic acids is 2. The first-order chi connectivity index (χ1) is 13.6. The van der Waals surface area contributed by atoms with Gasteiger partial charge in [-0.3, -0.25) is 9.59 Å². The molecular formula is C19H20N2O5S2. The van der Waals surface area contributed by atoms with E-state index in [9.17, 15) is 9.59 Å². The highest BCUT2D eigenvalue weighted by Gasteiger charge is 2.19. The summed E-state index contributed by atoms with van der Waals surface area (Å²) in [6.07, 6.45) is 0.208. The van der Waals surface area contributed by atoms with Crippen molar-refractivity contribution >= 4 is 44.8 Å². The summed E-state index contributed by atoms with van der Waals surface area (Å²) < 4.78 is 18.4. The van der Waals surface area contributed by atoms with E-state index in [4.69, 9.17) is 14.2 Å². The van der Waals surface area contributed by atoms with Gasteiger partial charge in [0.25, 0.3) is 5.91 Å². The van der Waals surface area contributed by atoms with Crippen LogP contribution in [0.1, 0.15) is 11.8 Å². The van der Waals surface area contributed by atoms with Crippen molar-refractivity contribution in [2.75, 3.05) is 20.8 Å². The molecule has 9 heteroatoms. The molecule has 148 valence electrons. The fourth-order valence-electron chi connectivity index (χ4n) is 2.73. The first-order valence-corrected chi connectivity index (χ1v) is 10.3. The molecule has 2 aromatic heterocycles. The molecule has 3 aromatic rings. The number of amides is 1. The lowest BCUT2D eigenvalue weighted by Crippen LogP contribution is -2.23. The lowest BCUT2D eigenvalue weighted by Gasteiger charge is -2.09. The largest absolute Gasteiger partial charge is 0.495 e. The SMILES string of the molecule is CCOC(=O)Cn1c(=NC(=O)Cc2cccs2)sc2c(OC)ccc(OC)c21. The summed E-state index contributed by atoms with van der Waals surface area (Å²) >= 11 is 2.77. The molecule has 0 spiro atoms. The van der Waals surface area contributed by atoms with E-state index in [0.29, 0.717) is 21.8 Å². The van der Waals surface area contributed by atoms with E-state index in [1.165, 1.54) is 22.7 Å². The summed E-state index contributed by atoms with van der Waals surface area (Å²) in [5.74, 6) is 0.470. The number of fused-ring (bicyclic) bond motifs is 1. The molecule has 0 unspecified atom stereocenters. The molecule has 0 aliphatic heterocycles. The van der Waals surface area contributed by atoms with Crippen molar-refractivity contribution in [2.45, 2.75) is 19.9 Å². The molecule has 0 aliphatic carbocycles. The van der Waals surface area contributed by atoms with Crippen LogP contribution in [0.4, 0.5) is 0 Å². The first-order valence-electron chi connectivity index (χ1n) is 8.57. The number of methoxy groups -OCH3 is 2. The zero-order chi connectivity index (χ0) is 20.1. The maximum Gasteiger partial charge on any atom is 0.326 e. The number of carbonyl (C=O) groups is 2. The van der Waals surface area contributed by atoms with Crippen molar-refractivity contribution in [3.05, 3.63) is 39.3 Å². The number of ether oxygens (including phenoxy) is 3. The van der Waals surface area contributed by atoms with Gasteiger partial charge in [0.05, 0.1) is 27.2 Å². The van der Waals surface area contributed by atoms with Gasteiger partial charge in [0.1, 0.15) is 28.3 Å². The highest BCUT2D eigenvalue weighted by molar-refractivity contribution is 7.16. The van der Waals surface area contributed by atoms with Gasteiger partial charge in [0.2, 0.25) is 0 Å². The van der Waals surface area contributed by atoms with Crippen LogP contribution in [0.5, 0.6) is 11.5 Å². The molecule has 2 heterocycles. The minimum atomic E-state index is -0.417. The van der Waals surface area contributed by atoms with Crippen LogP contribution in [0.3, 0.4) is 0 Å². The van der Waals surface area contributed by atoms with Crippen LogP contribution in [-0.2, 0) is 27.3 Å². The van der Waals surface area contributed by atoms with Crippen LogP contribution >= 0.6 is 22.7 Å². The molecule has 0 bridgehead atoms. The average molecular weight is 421 g/mol. The van der Waals surface area contributed by atoms with Gasteiger partial charge in [-0.2, -0.15) is 4.99 Å². The fraction of sp³-hybridized carbons (Fsp3) is 0.316. The normalized spacial score (nSPS) is 11.6. The number of rotatable bonds is 7.